The Bertz CT molecular complexity index is 670. The highest BCUT2D eigenvalue weighted by molar-refractivity contribution is 5.95. The van der Waals surface area contributed by atoms with Gasteiger partial charge in [-0.25, -0.2) is 0 Å². The summed E-state index contributed by atoms with van der Waals surface area (Å²) in [6.07, 6.45) is 6.05. The molecule has 3 rings (SSSR count). The average Bonchev–Trinajstić information content (AvgIpc) is 3.25. The van der Waals surface area contributed by atoms with Crippen LogP contribution in [-0.2, 0) is 7.05 Å². The summed E-state index contributed by atoms with van der Waals surface area (Å²) in [7, 11) is 1.95. The molecule has 1 amide bonds. The van der Waals surface area contributed by atoms with E-state index in [4.69, 9.17) is 0 Å². The molecule has 110 valence electrons. The number of nitrogens with zero attached hydrogens (tertiary/aromatic N) is 2. The molecule has 1 aliphatic rings. The lowest BCUT2D eigenvalue weighted by molar-refractivity contribution is 0.0930. The molecule has 0 saturated heterocycles. The van der Waals surface area contributed by atoms with Crippen LogP contribution < -0.4 is 5.32 Å². The molecule has 2 aromatic heterocycles. The first-order valence-electron chi connectivity index (χ1n) is 7.42. The summed E-state index contributed by atoms with van der Waals surface area (Å²) in [4.78, 5) is 17.0. The van der Waals surface area contributed by atoms with Gasteiger partial charge in [0.1, 0.15) is 0 Å². The molecule has 0 aromatic carbocycles. The molecule has 0 spiro atoms. The molecule has 0 radical (unpaired) electrons. The standard InChI is InChI=1S/C17H21N3O/c1-11-5-4-9-18-15(11)16(13-6-7-13)19-17(21)14-8-10-20(3)12(14)2/h4-5,8-10,13,16H,6-7H2,1-3H3,(H,19,21)/t16-/m1/s1. The monoisotopic (exact) mass is 283 g/mol. The van der Waals surface area contributed by atoms with E-state index in [9.17, 15) is 4.79 Å². The van der Waals surface area contributed by atoms with Crippen LogP contribution in [0.25, 0.3) is 0 Å². The van der Waals surface area contributed by atoms with Crippen molar-refractivity contribution in [2.45, 2.75) is 32.7 Å². The highest BCUT2D eigenvalue weighted by Crippen LogP contribution is 2.41. The molecule has 4 heteroatoms. The number of amides is 1. The molecule has 1 fully saturated rings. The van der Waals surface area contributed by atoms with Gasteiger partial charge in [-0.3, -0.25) is 9.78 Å². The van der Waals surface area contributed by atoms with Gasteiger partial charge in [0.25, 0.3) is 5.91 Å². The van der Waals surface area contributed by atoms with Gasteiger partial charge in [-0.1, -0.05) is 6.07 Å². The fourth-order valence-corrected chi connectivity index (χ4v) is 2.73. The second-order valence-corrected chi connectivity index (χ2v) is 5.92. The van der Waals surface area contributed by atoms with Gasteiger partial charge in [-0.2, -0.15) is 0 Å². The third-order valence-corrected chi connectivity index (χ3v) is 4.35. The second-order valence-electron chi connectivity index (χ2n) is 5.92. The number of carbonyl (C=O) groups is 1. The van der Waals surface area contributed by atoms with Crippen molar-refractivity contribution in [2.24, 2.45) is 13.0 Å². The summed E-state index contributed by atoms with van der Waals surface area (Å²) in [6, 6.07) is 5.89. The van der Waals surface area contributed by atoms with E-state index in [0.717, 1.165) is 35.4 Å². The van der Waals surface area contributed by atoms with Crippen molar-refractivity contribution < 1.29 is 4.79 Å². The number of aryl methyl sites for hydroxylation is 2. The maximum atomic E-state index is 12.6. The molecule has 0 bridgehead atoms. The zero-order chi connectivity index (χ0) is 15.0. The van der Waals surface area contributed by atoms with Crippen LogP contribution in [0.1, 0.15) is 46.2 Å². The van der Waals surface area contributed by atoms with Gasteiger partial charge in [0, 0.05) is 25.1 Å². The SMILES string of the molecule is Cc1cccnc1[C@H](NC(=O)c1ccn(C)c1C)C1CC1. The van der Waals surface area contributed by atoms with Crippen molar-refractivity contribution in [1.82, 2.24) is 14.9 Å². The molecule has 1 aliphatic carbocycles. The Kier molecular flexibility index (Phi) is 3.53. The van der Waals surface area contributed by atoms with Crippen LogP contribution in [-0.4, -0.2) is 15.5 Å². The summed E-state index contributed by atoms with van der Waals surface area (Å²) in [6.45, 7) is 4.02. The summed E-state index contributed by atoms with van der Waals surface area (Å²) < 4.78 is 1.97. The van der Waals surface area contributed by atoms with Crippen LogP contribution in [0.3, 0.4) is 0 Å². The molecule has 1 saturated carbocycles. The van der Waals surface area contributed by atoms with Gasteiger partial charge >= 0.3 is 0 Å². The number of rotatable bonds is 4. The first-order chi connectivity index (χ1) is 10.1. The molecule has 2 aromatic rings. The molecular weight excluding hydrogens is 262 g/mol. The van der Waals surface area contributed by atoms with E-state index in [2.05, 4.69) is 23.3 Å². The topological polar surface area (TPSA) is 46.9 Å². The van der Waals surface area contributed by atoms with E-state index in [1.807, 2.05) is 36.9 Å². The summed E-state index contributed by atoms with van der Waals surface area (Å²) in [5, 5.41) is 3.19. The van der Waals surface area contributed by atoms with Gasteiger partial charge in [0.05, 0.1) is 17.3 Å². The quantitative estimate of drug-likeness (QED) is 0.938. The maximum Gasteiger partial charge on any atom is 0.253 e. The van der Waals surface area contributed by atoms with Gasteiger partial charge in [-0.15, -0.1) is 0 Å². The Hall–Kier alpha value is -2.10. The molecule has 1 atom stereocenters. The first-order valence-corrected chi connectivity index (χ1v) is 7.42. The van der Waals surface area contributed by atoms with E-state index in [0.29, 0.717) is 5.92 Å². The smallest absolute Gasteiger partial charge is 0.253 e. The Morgan fingerprint density at radius 3 is 2.71 bits per heavy atom. The zero-order valence-electron chi connectivity index (χ0n) is 12.8. The van der Waals surface area contributed by atoms with Crippen molar-refractivity contribution in [3.63, 3.8) is 0 Å². The van der Waals surface area contributed by atoms with Crippen LogP contribution in [0, 0.1) is 19.8 Å². The number of hydrogen-bond acceptors (Lipinski definition) is 2. The predicted molar refractivity (Wildman–Crippen MR) is 82.1 cm³/mol. The van der Waals surface area contributed by atoms with Gasteiger partial charge in [-0.05, 0) is 50.3 Å². The van der Waals surface area contributed by atoms with E-state index >= 15 is 0 Å². The van der Waals surface area contributed by atoms with Crippen molar-refractivity contribution in [2.75, 3.05) is 0 Å². The van der Waals surface area contributed by atoms with Gasteiger partial charge < -0.3 is 9.88 Å². The van der Waals surface area contributed by atoms with Gasteiger partial charge in [0.15, 0.2) is 0 Å². The highest BCUT2D eigenvalue weighted by Gasteiger charge is 2.35. The van der Waals surface area contributed by atoms with Crippen LogP contribution >= 0.6 is 0 Å². The van der Waals surface area contributed by atoms with Crippen LogP contribution in [0.2, 0.25) is 0 Å². The van der Waals surface area contributed by atoms with Crippen LogP contribution in [0.4, 0.5) is 0 Å². The van der Waals surface area contributed by atoms with Crippen molar-refractivity contribution in [3.05, 3.63) is 53.1 Å². The lowest BCUT2D eigenvalue weighted by atomic mass is 10.0. The zero-order valence-corrected chi connectivity index (χ0v) is 12.8. The normalized spacial score (nSPS) is 15.8. The fraction of sp³-hybridized carbons (Fsp3) is 0.412. The Morgan fingerprint density at radius 2 is 2.14 bits per heavy atom. The molecule has 2 heterocycles. The lowest BCUT2D eigenvalue weighted by Gasteiger charge is -2.19. The van der Waals surface area contributed by atoms with E-state index in [-0.39, 0.29) is 11.9 Å². The minimum absolute atomic E-state index is 0.00458. The molecule has 0 aliphatic heterocycles. The number of pyridine rings is 1. The number of carbonyl (C=O) groups excluding carboxylic acids is 1. The molecular formula is C17H21N3O. The van der Waals surface area contributed by atoms with E-state index in [1.165, 1.54) is 0 Å². The van der Waals surface area contributed by atoms with Crippen molar-refractivity contribution >= 4 is 5.91 Å². The molecule has 0 unspecified atom stereocenters. The van der Waals surface area contributed by atoms with Gasteiger partial charge in [0.2, 0.25) is 0 Å². The lowest BCUT2D eigenvalue weighted by Crippen LogP contribution is -2.31. The van der Waals surface area contributed by atoms with E-state index in [1.54, 1.807) is 6.20 Å². The van der Waals surface area contributed by atoms with Crippen LogP contribution in [0.15, 0.2) is 30.6 Å². The average molecular weight is 283 g/mol. The Balaban J connectivity index is 1.85. The van der Waals surface area contributed by atoms with Crippen molar-refractivity contribution in [3.8, 4) is 0 Å². The number of aromatic nitrogens is 2. The summed E-state index contributed by atoms with van der Waals surface area (Å²) >= 11 is 0. The maximum absolute atomic E-state index is 12.6. The Morgan fingerprint density at radius 1 is 1.38 bits per heavy atom. The van der Waals surface area contributed by atoms with Crippen molar-refractivity contribution in [1.29, 1.82) is 0 Å². The third-order valence-electron chi connectivity index (χ3n) is 4.35. The molecule has 4 nitrogen and oxygen atoms in total. The fourth-order valence-electron chi connectivity index (χ4n) is 2.73. The van der Waals surface area contributed by atoms with E-state index < -0.39 is 0 Å². The van der Waals surface area contributed by atoms with Crippen LogP contribution in [0.5, 0.6) is 0 Å². The highest BCUT2D eigenvalue weighted by atomic mass is 16.1. The second kappa shape index (κ2) is 5.35. The Labute approximate surface area is 125 Å². The predicted octanol–water partition coefficient (Wildman–Crippen LogP) is 2.92. The minimum atomic E-state index is -0.00458. The number of hydrogen-bond donors (Lipinski definition) is 1. The third kappa shape index (κ3) is 2.71. The summed E-state index contributed by atoms with van der Waals surface area (Å²) in [5.74, 6) is 0.515. The first kappa shape index (κ1) is 13.9. The molecule has 21 heavy (non-hydrogen) atoms. The summed E-state index contributed by atoms with van der Waals surface area (Å²) in [5.41, 5.74) is 3.87. The minimum Gasteiger partial charge on any atom is -0.354 e. The largest absolute Gasteiger partial charge is 0.354 e. The molecule has 1 N–H and O–H groups in total. The number of nitrogens with one attached hydrogen (secondary N) is 1.